The van der Waals surface area contributed by atoms with Gasteiger partial charge in [0.1, 0.15) is 11.6 Å². The zero-order chi connectivity index (χ0) is 17.3. The highest BCUT2D eigenvalue weighted by Crippen LogP contribution is 2.29. The second kappa shape index (κ2) is 6.23. The van der Waals surface area contributed by atoms with Gasteiger partial charge in [-0.3, -0.25) is 9.59 Å². The standard InChI is InChI=1S/C16H13F2N3O3/c17-10-3-4-12(11(18)7-10)21-8-9(6-14(21)23)16(24)20-15-13(22)2-1-5-19-15/h1-5,7,9,22H,6,8H2,(H,19,20,24)/t9-/m1/s1. The summed E-state index contributed by atoms with van der Waals surface area (Å²) in [6, 6.07) is 5.76. The Labute approximate surface area is 135 Å². The third-order valence-corrected chi connectivity index (χ3v) is 3.72. The van der Waals surface area contributed by atoms with Crippen LogP contribution in [0.2, 0.25) is 0 Å². The van der Waals surface area contributed by atoms with Crippen molar-refractivity contribution in [3.8, 4) is 5.75 Å². The molecule has 0 bridgehead atoms. The lowest BCUT2D eigenvalue weighted by Crippen LogP contribution is -2.29. The van der Waals surface area contributed by atoms with Crippen LogP contribution in [0.5, 0.6) is 5.75 Å². The van der Waals surface area contributed by atoms with E-state index >= 15 is 0 Å². The lowest BCUT2D eigenvalue weighted by Gasteiger charge is -2.17. The Hall–Kier alpha value is -3.03. The van der Waals surface area contributed by atoms with Gasteiger partial charge in [0.2, 0.25) is 11.8 Å². The largest absolute Gasteiger partial charge is 0.504 e. The van der Waals surface area contributed by atoms with Gasteiger partial charge in [0.05, 0.1) is 11.6 Å². The Balaban J connectivity index is 1.74. The lowest BCUT2D eigenvalue weighted by molar-refractivity contribution is -0.122. The van der Waals surface area contributed by atoms with E-state index in [1.165, 1.54) is 18.3 Å². The molecular formula is C16H13F2N3O3. The molecule has 2 amide bonds. The van der Waals surface area contributed by atoms with Crippen LogP contribution in [-0.2, 0) is 9.59 Å². The Morgan fingerprint density at radius 1 is 1.33 bits per heavy atom. The summed E-state index contributed by atoms with van der Waals surface area (Å²) in [7, 11) is 0. The molecule has 1 saturated heterocycles. The minimum Gasteiger partial charge on any atom is -0.504 e. The third-order valence-electron chi connectivity index (χ3n) is 3.72. The van der Waals surface area contributed by atoms with Gasteiger partial charge in [-0.2, -0.15) is 0 Å². The van der Waals surface area contributed by atoms with Gasteiger partial charge in [0.15, 0.2) is 11.6 Å². The fourth-order valence-electron chi connectivity index (χ4n) is 2.53. The summed E-state index contributed by atoms with van der Waals surface area (Å²) < 4.78 is 26.8. The number of aromatic hydroxyl groups is 1. The van der Waals surface area contributed by atoms with Crippen LogP contribution < -0.4 is 10.2 Å². The maximum Gasteiger partial charge on any atom is 0.231 e. The van der Waals surface area contributed by atoms with Crippen molar-refractivity contribution in [1.82, 2.24) is 4.98 Å². The number of carbonyl (C=O) groups is 2. The normalized spacial score (nSPS) is 17.2. The number of aromatic nitrogens is 1. The van der Waals surface area contributed by atoms with E-state index < -0.39 is 29.4 Å². The first-order chi connectivity index (χ1) is 11.5. The summed E-state index contributed by atoms with van der Waals surface area (Å²) in [4.78, 5) is 29.2. The van der Waals surface area contributed by atoms with Crippen molar-refractivity contribution in [2.45, 2.75) is 6.42 Å². The minimum absolute atomic E-state index is 0.0126. The fraction of sp³-hybridized carbons (Fsp3) is 0.188. The van der Waals surface area contributed by atoms with Crippen molar-refractivity contribution < 1.29 is 23.5 Å². The molecule has 24 heavy (non-hydrogen) atoms. The molecule has 1 atom stereocenters. The predicted molar refractivity (Wildman–Crippen MR) is 81.3 cm³/mol. The first-order valence-electron chi connectivity index (χ1n) is 7.16. The Bertz CT molecular complexity index is 813. The van der Waals surface area contributed by atoms with Crippen LogP contribution >= 0.6 is 0 Å². The van der Waals surface area contributed by atoms with Crippen LogP contribution in [0.25, 0.3) is 0 Å². The molecule has 2 heterocycles. The number of nitrogens with one attached hydrogen (secondary N) is 1. The number of nitrogens with zero attached hydrogens (tertiary/aromatic N) is 2. The first-order valence-corrected chi connectivity index (χ1v) is 7.16. The van der Waals surface area contributed by atoms with Gasteiger partial charge in [-0.1, -0.05) is 0 Å². The Morgan fingerprint density at radius 2 is 2.12 bits per heavy atom. The molecule has 0 spiro atoms. The Morgan fingerprint density at radius 3 is 2.83 bits per heavy atom. The first kappa shape index (κ1) is 15.9. The molecule has 6 nitrogen and oxygen atoms in total. The van der Waals surface area contributed by atoms with E-state index in [9.17, 15) is 23.5 Å². The van der Waals surface area contributed by atoms with Gasteiger partial charge >= 0.3 is 0 Å². The molecule has 0 radical (unpaired) electrons. The van der Waals surface area contributed by atoms with E-state index in [0.717, 1.165) is 17.0 Å². The van der Waals surface area contributed by atoms with Crippen molar-refractivity contribution in [2.75, 3.05) is 16.8 Å². The summed E-state index contributed by atoms with van der Waals surface area (Å²) in [6.07, 6.45) is 1.28. The van der Waals surface area contributed by atoms with Crippen molar-refractivity contribution in [2.24, 2.45) is 5.92 Å². The predicted octanol–water partition coefficient (Wildman–Crippen LogP) is 2.06. The molecule has 2 aromatic rings. The van der Waals surface area contributed by atoms with Crippen molar-refractivity contribution in [3.05, 3.63) is 48.2 Å². The maximum absolute atomic E-state index is 13.8. The molecule has 0 aliphatic carbocycles. The van der Waals surface area contributed by atoms with Crippen molar-refractivity contribution in [3.63, 3.8) is 0 Å². The topological polar surface area (TPSA) is 82.5 Å². The molecule has 124 valence electrons. The third kappa shape index (κ3) is 3.03. The van der Waals surface area contributed by atoms with Gasteiger partial charge in [0.25, 0.3) is 0 Å². The molecule has 2 N–H and O–H groups in total. The molecule has 1 fully saturated rings. The zero-order valence-corrected chi connectivity index (χ0v) is 12.4. The fourth-order valence-corrected chi connectivity index (χ4v) is 2.53. The monoisotopic (exact) mass is 333 g/mol. The number of hydrogen-bond acceptors (Lipinski definition) is 4. The van der Waals surface area contributed by atoms with Crippen molar-refractivity contribution in [1.29, 1.82) is 0 Å². The number of carbonyl (C=O) groups excluding carboxylic acids is 2. The van der Waals surface area contributed by atoms with Crippen LogP contribution in [0.15, 0.2) is 36.5 Å². The van der Waals surface area contributed by atoms with Gasteiger partial charge in [-0.05, 0) is 24.3 Å². The molecule has 1 aromatic carbocycles. The molecule has 3 rings (SSSR count). The summed E-state index contributed by atoms with van der Waals surface area (Å²) in [5.41, 5.74) is -0.0719. The average Bonchev–Trinajstić information content (AvgIpc) is 2.91. The second-order valence-corrected chi connectivity index (χ2v) is 5.36. The van der Waals surface area contributed by atoms with Crippen LogP contribution in [0.1, 0.15) is 6.42 Å². The summed E-state index contributed by atoms with van der Waals surface area (Å²) >= 11 is 0. The highest BCUT2D eigenvalue weighted by Gasteiger charge is 2.36. The second-order valence-electron chi connectivity index (χ2n) is 5.36. The number of benzene rings is 1. The van der Waals surface area contributed by atoms with Gasteiger partial charge in [-0.25, -0.2) is 13.8 Å². The van der Waals surface area contributed by atoms with Crippen LogP contribution in [-0.4, -0.2) is 28.4 Å². The number of halogens is 2. The van der Waals surface area contributed by atoms with E-state index in [0.29, 0.717) is 6.07 Å². The average molecular weight is 333 g/mol. The quantitative estimate of drug-likeness (QED) is 0.901. The highest BCUT2D eigenvalue weighted by molar-refractivity contribution is 6.03. The Kier molecular flexibility index (Phi) is 4.11. The molecule has 1 aromatic heterocycles. The van der Waals surface area contributed by atoms with Crippen molar-refractivity contribution >= 4 is 23.3 Å². The summed E-state index contributed by atoms with van der Waals surface area (Å²) in [5.74, 6) is -3.51. The van der Waals surface area contributed by atoms with E-state index in [2.05, 4.69) is 10.3 Å². The number of amides is 2. The molecule has 0 saturated carbocycles. The number of hydrogen-bond donors (Lipinski definition) is 2. The molecule has 8 heteroatoms. The van der Waals surface area contributed by atoms with E-state index in [4.69, 9.17) is 0 Å². The number of rotatable bonds is 3. The minimum atomic E-state index is -0.869. The van der Waals surface area contributed by atoms with Gasteiger partial charge in [0, 0.05) is 25.2 Å². The number of anilines is 2. The maximum atomic E-state index is 13.8. The highest BCUT2D eigenvalue weighted by atomic mass is 19.1. The summed E-state index contributed by atoms with van der Waals surface area (Å²) in [5, 5.41) is 12.0. The van der Waals surface area contributed by atoms with Gasteiger partial charge in [-0.15, -0.1) is 0 Å². The smallest absolute Gasteiger partial charge is 0.231 e. The number of pyridine rings is 1. The lowest BCUT2D eigenvalue weighted by atomic mass is 10.1. The van der Waals surface area contributed by atoms with Gasteiger partial charge < -0.3 is 15.3 Å². The summed E-state index contributed by atoms with van der Waals surface area (Å²) in [6.45, 7) is -0.0409. The molecular weight excluding hydrogens is 320 g/mol. The molecule has 0 unspecified atom stereocenters. The van der Waals surface area contributed by atoms with Crippen LogP contribution in [0.4, 0.5) is 20.3 Å². The van der Waals surface area contributed by atoms with Crippen LogP contribution in [0, 0.1) is 17.6 Å². The molecule has 1 aliphatic heterocycles. The van der Waals surface area contributed by atoms with E-state index in [1.54, 1.807) is 0 Å². The van der Waals surface area contributed by atoms with E-state index in [-0.39, 0.29) is 30.2 Å². The zero-order valence-electron chi connectivity index (χ0n) is 12.4. The van der Waals surface area contributed by atoms with Crippen LogP contribution in [0.3, 0.4) is 0 Å². The molecule has 1 aliphatic rings. The SMILES string of the molecule is O=C(Nc1ncccc1O)[C@@H]1CC(=O)N(c2ccc(F)cc2F)C1. The van der Waals surface area contributed by atoms with E-state index in [1.807, 2.05) is 0 Å².